The smallest absolute Gasteiger partial charge is 0.115 e. The predicted octanol–water partition coefficient (Wildman–Crippen LogP) is 1.24. The zero-order valence-corrected chi connectivity index (χ0v) is 5.47. The molecule has 0 atom stereocenters. The van der Waals surface area contributed by atoms with E-state index < -0.39 is 0 Å². The maximum Gasteiger partial charge on any atom is 0.115 e. The van der Waals surface area contributed by atoms with Crippen molar-refractivity contribution in [3.8, 4) is 6.07 Å². The molecule has 0 aliphatic rings. The lowest BCUT2D eigenvalue weighted by atomic mass is 10.1. The van der Waals surface area contributed by atoms with Crippen LogP contribution in [0.15, 0.2) is 4.99 Å². The third-order valence-corrected chi connectivity index (χ3v) is 0.902. The number of hydrogen-bond acceptors (Lipinski definition) is 2. The van der Waals surface area contributed by atoms with Crippen LogP contribution in [-0.4, -0.2) is 12.8 Å². The SMILES string of the molecule is CN=C(C#N)C(C)C. The molecule has 0 amide bonds. The van der Waals surface area contributed by atoms with E-state index in [0.717, 1.165) is 0 Å². The van der Waals surface area contributed by atoms with E-state index in [1.807, 2.05) is 19.9 Å². The second kappa shape index (κ2) is 3.20. The lowest BCUT2D eigenvalue weighted by molar-refractivity contribution is 0.888. The van der Waals surface area contributed by atoms with Crippen LogP contribution in [0.3, 0.4) is 0 Å². The first kappa shape index (κ1) is 7.16. The monoisotopic (exact) mass is 110 g/mol. The molecule has 0 aromatic heterocycles. The largest absolute Gasteiger partial charge is 0.282 e. The summed E-state index contributed by atoms with van der Waals surface area (Å²) in [5.41, 5.74) is 0.616. The number of nitriles is 1. The number of rotatable bonds is 1. The van der Waals surface area contributed by atoms with Crippen molar-refractivity contribution < 1.29 is 0 Å². The molecule has 0 aromatic carbocycles. The van der Waals surface area contributed by atoms with Gasteiger partial charge in [0.15, 0.2) is 0 Å². The summed E-state index contributed by atoms with van der Waals surface area (Å²) >= 11 is 0. The van der Waals surface area contributed by atoms with Gasteiger partial charge in [-0.25, -0.2) is 0 Å². The van der Waals surface area contributed by atoms with Gasteiger partial charge in [-0.05, 0) is 0 Å². The Morgan fingerprint density at radius 2 is 2.12 bits per heavy atom. The summed E-state index contributed by atoms with van der Waals surface area (Å²) in [4.78, 5) is 3.76. The fraction of sp³-hybridized carbons (Fsp3) is 0.667. The predicted molar refractivity (Wildman–Crippen MR) is 33.8 cm³/mol. The lowest BCUT2D eigenvalue weighted by Gasteiger charge is -1.95. The molecule has 0 aliphatic carbocycles. The Morgan fingerprint density at radius 1 is 1.62 bits per heavy atom. The van der Waals surface area contributed by atoms with Crippen LogP contribution in [0.1, 0.15) is 13.8 Å². The molecular weight excluding hydrogens is 100 g/mol. The number of aliphatic imine (C=N–C) groups is 1. The van der Waals surface area contributed by atoms with E-state index in [0.29, 0.717) is 5.71 Å². The van der Waals surface area contributed by atoms with Crippen molar-refractivity contribution in [3.05, 3.63) is 0 Å². The maximum absolute atomic E-state index is 8.32. The first-order valence-corrected chi connectivity index (χ1v) is 2.59. The molecule has 0 radical (unpaired) electrons. The summed E-state index contributed by atoms with van der Waals surface area (Å²) in [6.45, 7) is 3.90. The highest BCUT2D eigenvalue weighted by atomic mass is 14.7. The molecule has 0 N–H and O–H groups in total. The molecule has 0 bridgehead atoms. The van der Waals surface area contributed by atoms with Gasteiger partial charge in [-0.15, -0.1) is 0 Å². The standard InChI is InChI=1S/C6H10N2/c1-5(2)6(4-7)8-3/h5H,1-3H3. The summed E-state index contributed by atoms with van der Waals surface area (Å²) in [6.07, 6.45) is 0. The van der Waals surface area contributed by atoms with Crippen molar-refractivity contribution in [1.29, 1.82) is 5.26 Å². The zero-order chi connectivity index (χ0) is 6.57. The molecule has 0 spiro atoms. The lowest BCUT2D eigenvalue weighted by Crippen LogP contribution is -2.02. The molecule has 0 heterocycles. The molecule has 0 saturated carbocycles. The molecule has 2 nitrogen and oxygen atoms in total. The fourth-order valence-corrected chi connectivity index (χ4v) is 0.437. The molecule has 2 heteroatoms. The Hall–Kier alpha value is -0.840. The van der Waals surface area contributed by atoms with Gasteiger partial charge in [-0.3, -0.25) is 4.99 Å². The molecule has 0 rings (SSSR count). The van der Waals surface area contributed by atoms with Crippen molar-refractivity contribution in [2.45, 2.75) is 13.8 Å². The molecular formula is C6H10N2. The van der Waals surface area contributed by atoms with Crippen LogP contribution in [0.2, 0.25) is 0 Å². The highest BCUT2D eigenvalue weighted by molar-refractivity contribution is 5.99. The van der Waals surface area contributed by atoms with E-state index in [1.165, 1.54) is 0 Å². The average molecular weight is 110 g/mol. The van der Waals surface area contributed by atoms with Gasteiger partial charge >= 0.3 is 0 Å². The van der Waals surface area contributed by atoms with E-state index >= 15 is 0 Å². The fourth-order valence-electron chi connectivity index (χ4n) is 0.437. The van der Waals surface area contributed by atoms with Gasteiger partial charge in [0, 0.05) is 13.0 Å². The van der Waals surface area contributed by atoms with Gasteiger partial charge in [0.25, 0.3) is 0 Å². The molecule has 0 unspecified atom stereocenters. The first-order valence-electron chi connectivity index (χ1n) is 2.59. The van der Waals surface area contributed by atoms with E-state index in [-0.39, 0.29) is 5.92 Å². The highest BCUT2D eigenvalue weighted by Gasteiger charge is 1.99. The van der Waals surface area contributed by atoms with Crippen molar-refractivity contribution in [3.63, 3.8) is 0 Å². The van der Waals surface area contributed by atoms with Crippen LogP contribution in [0.25, 0.3) is 0 Å². The van der Waals surface area contributed by atoms with Crippen LogP contribution < -0.4 is 0 Å². The Kier molecular flexibility index (Phi) is 2.86. The molecule has 0 fully saturated rings. The summed E-state index contributed by atoms with van der Waals surface area (Å²) in [5, 5.41) is 8.32. The van der Waals surface area contributed by atoms with Crippen LogP contribution in [0.5, 0.6) is 0 Å². The van der Waals surface area contributed by atoms with E-state index in [2.05, 4.69) is 4.99 Å². The van der Waals surface area contributed by atoms with Crippen molar-refractivity contribution in [2.75, 3.05) is 7.05 Å². The second-order valence-electron chi connectivity index (χ2n) is 1.88. The van der Waals surface area contributed by atoms with Gasteiger partial charge in [0.2, 0.25) is 0 Å². The Labute approximate surface area is 49.9 Å². The van der Waals surface area contributed by atoms with Gasteiger partial charge in [-0.1, -0.05) is 13.8 Å². The minimum Gasteiger partial charge on any atom is -0.282 e. The molecule has 0 saturated heterocycles. The normalized spacial score (nSPS) is 11.6. The molecule has 0 aliphatic heterocycles. The Morgan fingerprint density at radius 3 is 2.12 bits per heavy atom. The quantitative estimate of drug-likeness (QED) is 0.468. The average Bonchev–Trinajstić information content (AvgIpc) is 1.69. The summed E-state index contributed by atoms with van der Waals surface area (Å²) in [5.74, 6) is 0.269. The van der Waals surface area contributed by atoms with Crippen LogP contribution in [-0.2, 0) is 0 Å². The summed E-state index contributed by atoms with van der Waals surface area (Å²) in [6, 6.07) is 2.00. The Balaban J connectivity index is 3.98. The Bertz CT molecular complexity index is 128. The van der Waals surface area contributed by atoms with E-state index in [9.17, 15) is 0 Å². The van der Waals surface area contributed by atoms with Crippen molar-refractivity contribution >= 4 is 5.71 Å². The topological polar surface area (TPSA) is 36.1 Å². The van der Waals surface area contributed by atoms with E-state index in [4.69, 9.17) is 5.26 Å². The second-order valence-corrected chi connectivity index (χ2v) is 1.88. The number of hydrogen-bond donors (Lipinski definition) is 0. The van der Waals surface area contributed by atoms with Crippen LogP contribution in [0, 0.1) is 17.2 Å². The highest BCUT2D eigenvalue weighted by Crippen LogP contribution is 1.93. The van der Waals surface area contributed by atoms with Gasteiger partial charge < -0.3 is 0 Å². The first-order chi connectivity index (χ1) is 3.72. The molecule has 44 valence electrons. The van der Waals surface area contributed by atoms with Gasteiger partial charge in [0.1, 0.15) is 11.8 Å². The third-order valence-electron chi connectivity index (χ3n) is 0.902. The van der Waals surface area contributed by atoms with Gasteiger partial charge in [0.05, 0.1) is 0 Å². The van der Waals surface area contributed by atoms with E-state index in [1.54, 1.807) is 7.05 Å². The summed E-state index contributed by atoms with van der Waals surface area (Å²) < 4.78 is 0. The van der Waals surface area contributed by atoms with Crippen LogP contribution >= 0.6 is 0 Å². The van der Waals surface area contributed by atoms with Gasteiger partial charge in [-0.2, -0.15) is 5.26 Å². The number of nitrogens with zero attached hydrogens (tertiary/aromatic N) is 2. The third kappa shape index (κ3) is 1.74. The molecule has 8 heavy (non-hydrogen) atoms. The maximum atomic E-state index is 8.32. The minimum absolute atomic E-state index is 0.269. The minimum atomic E-state index is 0.269. The summed E-state index contributed by atoms with van der Waals surface area (Å²) in [7, 11) is 1.64. The van der Waals surface area contributed by atoms with Crippen molar-refractivity contribution in [2.24, 2.45) is 10.9 Å². The molecule has 0 aromatic rings. The zero-order valence-electron chi connectivity index (χ0n) is 5.47. The van der Waals surface area contributed by atoms with Crippen molar-refractivity contribution in [1.82, 2.24) is 0 Å². The van der Waals surface area contributed by atoms with Crippen LogP contribution in [0.4, 0.5) is 0 Å².